The molecule has 0 heterocycles. The van der Waals surface area contributed by atoms with Crippen molar-refractivity contribution in [3.63, 3.8) is 0 Å². The second kappa shape index (κ2) is 7.90. The highest BCUT2D eigenvalue weighted by molar-refractivity contribution is 7.84. The van der Waals surface area contributed by atoms with Gasteiger partial charge in [-0.15, -0.1) is 0 Å². The lowest BCUT2D eigenvalue weighted by molar-refractivity contribution is -0.115. The van der Waals surface area contributed by atoms with Gasteiger partial charge < -0.3 is 5.32 Å². The van der Waals surface area contributed by atoms with E-state index >= 15 is 0 Å². The third-order valence-electron chi connectivity index (χ3n) is 3.44. The summed E-state index contributed by atoms with van der Waals surface area (Å²) in [4.78, 5) is 11.8. The van der Waals surface area contributed by atoms with Crippen LogP contribution in [0.4, 0.5) is 5.69 Å². The van der Waals surface area contributed by atoms with Gasteiger partial charge in [0, 0.05) is 34.4 Å². The molecule has 0 saturated heterocycles. The highest BCUT2D eigenvalue weighted by Crippen LogP contribution is 2.13. The van der Waals surface area contributed by atoms with Crippen molar-refractivity contribution >= 4 is 22.4 Å². The summed E-state index contributed by atoms with van der Waals surface area (Å²) in [6.45, 7) is 4.05. The quantitative estimate of drug-likeness (QED) is 0.885. The number of carbonyl (C=O) groups excluding carboxylic acids is 1. The van der Waals surface area contributed by atoms with E-state index in [1.54, 1.807) is 0 Å². The van der Waals surface area contributed by atoms with E-state index in [2.05, 4.69) is 17.4 Å². The molecule has 0 bridgehead atoms. The van der Waals surface area contributed by atoms with Crippen molar-refractivity contribution in [1.82, 2.24) is 0 Å². The monoisotopic (exact) mass is 315 g/mol. The van der Waals surface area contributed by atoms with Gasteiger partial charge in [-0.05, 0) is 37.1 Å². The Kier molecular flexibility index (Phi) is 5.90. The first kappa shape index (κ1) is 16.4. The fourth-order valence-electron chi connectivity index (χ4n) is 2.15. The predicted molar refractivity (Wildman–Crippen MR) is 92.3 cm³/mol. The van der Waals surface area contributed by atoms with Crippen LogP contribution in [0, 0.1) is 13.8 Å². The summed E-state index contributed by atoms with van der Waals surface area (Å²) in [7, 11) is -1.03. The van der Waals surface area contributed by atoms with E-state index in [4.69, 9.17) is 0 Å². The molecular weight excluding hydrogens is 294 g/mol. The van der Waals surface area contributed by atoms with Gasteiger partial charge in [0.1, 0.15) is 0 Å². The molecule has 0 saturated carbocycles. The molecule has 0 aliphatic heterocycles. The van der Waals surface area contributed by atoms with Crippen molar-refractivity contribution in [2.45, 2.75) is 26.0 Å². The number of hydrogen-bond donors (Lipinski definition) is 1. The Balaban J connectivity index is 1.82. The summed E-state index contributed by atoms with van der Waals surface area (Å²) >= 11 is 0. The van der Waals surface area contributed by atoms with Crippen molar-refractivity contribution in [3.05, 3.63) is 65.2 Å². The summed E-state index contributed by atoms with van der Waals surface area (Å²) in [5, 5.41) is 2.81. The van der Waals surface area contributed by atoms with Crippen LogP contribution in [0.25, 0.3) is 0 Å². The van der Waals surface area contributed by atoms with Crippen LogP contribution < -0.4 is 5.32 Å². The lowest BCUT2D eigenvalue weighted by Gasteiger charge is -2.08. The molecule has 1 amide bonds. The van der Waals surface area contributed by atoms with Crippen LogP contribution in [0.1, 0.15) is 23.1 Å². The van der Waals surface area contributed by atoms with E-state index in [9.17, 15) is 9.00 Å². The van der Waals surface area contributed by atoms with Gasteiger partial charge in [0.15, 0.2) is 0 Å². The zero-order valence-corrected chi connectivity index (χ0v) is 13.8. The maximum atomic E-state index is 12.2. The second-order valence-electron chi connectivity index (χ2n) is 5.38. The molecule has 0 aromatic heterocycles. The van der Waals surface area contributed by atoms with Crippen LogP contribution in [0.5, 0.6) is 0 Å². The lowest BCUT2D eigenvalue weighted by Crippen LogP contribution is -2.15. The Labute approximate surface area is 134 Å². The van der Waals surface area contributed by atoms with Crippen molar-refractivity contribution in [3.8, 4) is 0 Å². The maximum Gasteiger partial charge on any atom is 0.225 e. The standard InChI is InChI=1S/C18H21NO2S/c1-14-8-9-15(2)16(12-14)13-22(21)11-10-18(20)19-17-6-4-3-5-7-17/h3-9,12H,10-11,13H2,1-2H3,(H,19,20)/t22-/m1/s1. The molecule has 2 aromatic carbocycles. The highest BCUT2D eigenvalue weighted by Gasteiger charge is 2.08. The SMILES string of the molecule is Cc1ccc(C)c(C[S@](=O)CCC(=O)Nc2ccccc2)c1. The number of rotatable bonds is 6. The van der Waals surface area contributed by atoms with Crippen molar-refractivity contribution in [2.75, 3.05) is 11.1 Å². The average molecular weight is 315 g/mol. The Bertz CT molecular complexity index is 668. The molecule has 1 N–H and O–H groups in total. The van der Waals surface area contributed by atoms with Gasteiger partial charge in [-0.25, -0.2) is 0 Å². The van der Waals surface area contributed by atoms with Crippen LogP contribution in [0.3, 0.4) is 0 Å². The fourth-order valence-corrected chi connectivity index (χ4v) is 3.37. The van der Waals surface area contributed by atoms with Gasteiger partial charge in [0.25, 0.3) is 0 Å². The third-order valence-corrected chi connectivity index (χ3v) is 4.73. The number of benzene rings is 2. The molecular formula is C18H21NO2S. The molecule has 116 valence electrons. The number of aryl methyl sites for hydroxylation is 2. The fraction of sp³-hybridized carbons (Fsp3) is 0.278. The van der Waals surface area contributed by atoms with Crippen molar-refractivity contribution in [1.29, 1.82) is 0 Å². The van der Waals surface area contributed by atoms with Crippen LogP contribution in [-0.4, -0.2) is 15.9 Å². The van der Waals surface area contributed by atoms with E-state index in [-0.39, 0.29) is 12.3 Å². The minimum atomic E-state index is -1.03. The van der Waals surface area contributed by atoms with E-state index in [0.29, 0.717) is 11.5 Å². The molecule has 0 aliphatic rings. The number of amides is 1. The van der Waals surface area contributed by atoms with Crippen LogP contribution >= 0.6 is 0 Å². The number of carbonyl (C=O) groups is 1. The smallest absolute Gasteiger partial charge is 0.225 e. The number of hydrogen-bond acceptors (Lipinski definition) is 2. The van der Waals surface area contributed by atoms with Gasteiger partial charge in [0.2, 0.25) is 5.91 Å². The molecule has 0 radical (unpaired) electrons. The van der Waals surface area contributed by atoms with Crippen LogP contribution in [0.15, 0.2) is 48.5 Å². The predicted octanol–water partition coefficient (Wildman–Crippen LogP) is 3.58. The summed E-state index contributed by atoms with van der Waals surface area (Å²) in [6.07, 6.45) is 0.270. The topological polar surface area (TPSA) is 46.2 Å². The first-order valence-corrected chi connectivity index (χ1v) is 8.79. The summed E-state index contributed by atoms with van der Waals surface area (Å²) in [5.41, 5.74) is 4.18. The summed E-state index contributed by atoms with van der Waals surface area (Å²) in [5.74, 6) is 0.790. The molecule has 1 atom stereocenters. The highest BCUT2D eigenvalue weighted by atomic mass is 32.2. The number of anilines is 1. The van der Waals surface area contributed by atoms with Gasteiger partial charge in [0.05, 0.1) is 0 Å². The van der Waals surface area contributed by atoms with E-state index < -0.39 is 10.8 Å². The van der Waals surface area contributed by atoms with Crippen LogP contribution in [0.2, 0.25) is 0 Å². The number of para-hydroxylation sites is 1. The Morgan fingerprint density at radius 1 is 1.09 bits per heavy atom. The molecule has 3 nitrogen and oxygen atoms in total. The molecule has 0 aliphatic carbocycles. The first-order chi connectivity index (χ1) is 10.5. The Hall–Kier alpha value is -1.94. The van der Waals surface area contributed by atoms with Gasteiger partial charge in [-0.3, -0.25) is 9.00 Å². The molecule has 4 heteroatoms. The minimum absolute atomic E-state index is 0.0967. The van der Waals surface area contributed by atoms with E-state index in [1.807, 2.05) is 50.2 Å². The van der Waals surface area contributed by atoms with Crippen molar-refractivity contribution < 1.29 is 9.00 Å². The zero-order valence-electron chi connectivity index (χ0n) is 13.0. The molecule has 0 spiro atoms. The van der Waals surface area contributed by atoms with E-state index in [1.165, 1.54) is 5.56 Å². The van der Waals surface area contributed by atoms with Gasteiger partial charge in [-0.2, -0.15) is 0 Å². The molecule has 22 heavy (non-hydrogen) atoms. The molecule has 0 unspecified atom stereocenters. The molecule has 2 aromatic rings. The Morgan fingerprint density at radius 3 is 2.55 bits per heavy atom. The maximum absolute atomic E-state index is 12.2. The summed E-state index contributed by atoms with van der Waals surface area (Å²) < 4.78 is 12.2. The van der Waals surface area contributed by atoms with Gasteiger partial charge >= 0.3 is 0 Å². The van der Waals surface area contributed by atoms with Crippen LogP contribution in [-0.2, 0) is 21.3 Å². The molecule has 2 rings (SSSR count). The van der Waals surface area contributed by atoms with Gasteiger partial charge in [-0.1, -0.05) is 42.0 Å². The average Bonchev–Trinajstić information content (AvgIpc) is 2.50. The van der Waals surface area contributed by atoms with Crippen molar-refractivity contribution in [2.24, 2.45) is 0 Å². The largest absolute Gasteiger partial charge is 0.326 e. The first-order valence-electron chi connectivity index (χ1n) is 7.30. The lowest BCUT2D eigenvalue weighted by atomic mass is 10.1. The third kappa shape index (κ3) is 5.11. The Morgan fingerprint density at radius 2 is 1.82 bits per heavy atom. The second-order valence-corrected chi connectivity index (χ2v) is 6.96. The zero-order chi connectivity index (χ0) is 15.9. The normalized spacial score (nSPS) is 11.9. The van der Waals surface area contributed by atoms with E-state index in [0.717, 1.165) is 16.8 Å². The minimum Gasteiger partial charge on any atom is -0.326 e. The summed E-state index contributed by atoms with van der Waals surface area (Å²) in [6, 6.07) is 15.5. The number of nitrogens with one attached hydrogen (secondary N) is 1. The molecule has 0 fully saturated rings.